The molecule has 0 saturated carbocycles. The molecule has 112 valence electrons. The van der Waals surface area contributed by atoms with Gasteiger partial charge in [-0.3, -0.25) is 4.98 Å². The van der Waals surface area contributed by atoms with Crippen LogP contribution in [0, 0.1) is 0 Å². The summed E-state index contributed by atoms with van der Waals surface area (Å²) in [6.07, 6.45) is 5.07. The van der Waals surface area contributed by atoms with Gasteiger partial charge >= 0.3 is 7.12 Å². The minimum atomic E-state index is -0.298. The molecule has 2 aliphatic heterocycles. The number of pyridine rings is 1. The van der Waals surface area contributed by atoms with Crippen molar-refractivity contribution >= 4 is 13.2 Å². The molecule has 0 aliphatic carbocycles. The van der Waals surface area contributed by atoms with E-state index in [1.54, 1.807) is 0 Å². The van der Waals surface area contributed by atoms with E-state index in [0.29, 0.717) is 6.04 Å². The minimum Gasteiger partial charge on any atom is -0.400 e. The van der Waals surface area contributed by atoms with E-state index >= 15 is 0 Å². The standard InChI is InChI=1S/C16H23BN2O2/c1-15(2)16(3,4)21-17(20-15)8-5-12-6-9-19-14(11-12)13-7-10-18-13/h5-6,8-9,11,13,18H,7,10H2,1-4H3/b8-5+/t13-/m0/s1. The van der Waals surface area contributed by atoms with Crippen LogP contribution in [-0.4, -0.2) is 29.8 Å². The Hall–Kier alpha value is -1.17. The molecule has 3 rings (SSSR count). The molecule has 1 N–H and O–H groups in total. The molecule has 1 aromatic heterocycles. The van der Waals surface area contributed by atoms with E-state index in [1.807, 2.05) is 24.3 Å². The number of aromatic nitrogens is 1. The van der Waals surface area contributed by atoms with Crippen molar-refractivity contribution in [3.8, 4) is 0 Å². The summed E-state index contributed by atoms with van der Waals surface area (Å²) in [5.41, 5.74) is 1.66. The zero-order valence-corrected chi connectivity index (χ0v) is 13.2. The van der Waals surface area contributed by atoms with Gasteiger partial charge in [-0.25, -0.2) is 0 Å². The molecule has 2 aliphatic rings. The van der Waals surface area contributed by atoms with Gasteiger partial charge in [0.1, 0.15) is 0 Å². The van der Waals surface area contributed by atoms with E-state index in [1.165, 1.54) is 0 Å². The van der Waals surface area contributed by atoms with E-state index in [2.05, 4.69) is 44.1 Å². The van der Waals surface area contributed by atoms with E-state index in [-0.39, 0.29) is 18.3 Å². The first-order valence-electron chi connectivity index (χ1n) is 7.61. The molecule has 2 saturated heterocycles. The Balaban J connectivity index is 1.69. The maximum atomic E-state index is 5.96. The van der Waals surface area contributed by atoms with Crippen molar-refractivity contribution in [2.45, 2.75) is 51.4 Å². The topological polar surface area (TPSA) is 43.4 Å². The van der Waals surface area contributed by atoms with Crippen molar-refractivity contribution < 1.29 is 9.31 Å². The molecular formula is C16H23BN2O2. The summed E-state index contributed by atoms with van der Waals surface area (Å²) < 4.78 is 11.9. The maximum Gasteiger partial charge on any atom is 0.487 e. The molecule has 5 heteroatoms. The highest BCUT2D eigenvalue weighted by Crippen LogP contribution is 2.37. The molecular weight excluding hydrogens is 263 g/mol. The smallest absolute Gasteiger partial charge is 0.400 e. The predicted octanol–water partition coefficient (Wildman–Crippen LogP) is 2.76. The maximum absolute atomic E-state index is 5.96. The zero-order chi connectivity index (χ0) is 15.1. The van der Waals surface area contributed by atoms with Gasteiger partial charge in [0, 0.05) is 6.20 Å². The number of nitrogens with one attached hydrogen (secondary N) is 1. The van der Waals surface area contributed by atoms with Crippen LogP contribution in [-0.2, 0) is 9.31 Å². The van der Waals surface area contributed by atoms with Crippen molar-refractivity contribution in [2.75, 3.05) is 6.54 Å². The van der Waals surface area contributed by atoms with Gasteiger partial charge in [-0.1, -0.05) is 12.1 Å². The molecule has 1 atom stereocenters. The number of nitrogens with zero attached hydrogens (tertiary/aromatic N) is 1. The Labute approximate surface area is 127 Å². The third-order valence-corrected chi connectivity index (χ3v) is 4.70. The fourth-order valence-electron chi connectivity index (χ4n) is 2.46. The quantitative estimate of drug-likeness (QED) is 0.868. The van der Waals surface area contributed by atoms with Crippen LogP contribution in [0.4, 0.5) is 0 Å². The summed E-state index contributed by atoms with van der Waals surface area (Å²) in [7, 11) is -0.298. The first kappa shape index (κ1) is 14.8. The Morgan fingerprint density at radius 1 is 1.29 bits per heavy atom. The van der Waals surface area contributed by atoms with Gasteiger partial charge in [-0.2, -0.15) is 0 Å². The van der Waals surface area contributed by atoms with Gasteiger partial charge in [0.05, 0.1) is 22.9 Å². The highest BCUT2D eigenvalue weighted by atomic mass is 16.7. The van der Waals surface area contributed by atoms with Crippen molar-refractivity contribution in [3.05, 3.63) is 35.6 Å². The normalized spacial score (nSPS) is 27.0. The lowest BCUT2D eigenvalue weighted by molar-refractivity contribution is 0.00578. The molecule has 3 heterocycles. The lowest BCUT2D eigenvalue weighted by Crippen LogP contribution is -2.41. The van der Waals surface area contributed by atoms with Crippen LogP contribution in [0.2, 0.25) is 0 Å². The minimum absolute atomic E-state index is 0.290. The summed E-state index contributed by atoms with van der Waals surface area (Å²) in [5.74, 6) is 1.98. The van der Waals surface area contributed by atoms with Crippen molar-refractivity contribution in [1.82, 2.24) is 10.3 Å². The van der Waals surface area contributed by atoms with Crippen LogP contribution in [0.25, 0.3) is 6.08 Å². The lowest BCUT2D eigenvalue weighted by Gasteiger charge is -2.32. The number of rotatable bonds is 3. The molecule has 0 amide bonds. The third kappa shape index (κ3) is 2.91. The molecule has 0 bridgehead atoms. The van der Waals surface area contributed by atoms with E-state index in [0.717, 1.165) is 24.2 Å². The summed E-state index contributed by atoms with van der Waals surface area (Å²) >= 11 is 0. The number of hydrogen-bond acceptors (Lipinski definition) is 4. The second kappa shape index (κ2) is 5.23. The van der Waals surface area contributed by atoms with Gasteiger partial charge in [0.25, 0.3) is 0 Å². The second-order valence-electron chi connectivity index (χ2n) is 6.79. The first-order valence-corrected chi connectivity index (χ1v) is 7.61. The SMILES string of the molecule is CC1(C)OB(/C=C/c2ccnc([C@@H]3CCN3)c2)OC1(C)C. The van der Waals surface area contributed by atoms with Crippen LogP contribution in [0.1, 0.15) is 51.4 Å². The van der Waals surface area contributed by atoms with Gasteiger partial charge in [0.15, 0.2) is 0 Å². The molecule has 0 radical (unpaired) electrons. The van der Waals surface area contributed by atoms with Crippen molar-refractivity contribution in [3.63, 3.8) is 0 Å². The van der Waals surface area contributed by atoms with Gasteiger partial charge in [0.2, 0.25) is 0 Å². The average molecular weight is 286 g/mol. The van der Waals surface area contributed by atoms with E-state index in [9.17, 15) is 0 Å². The summed E-state index contributed by atoms with van der Waals surface area (Å²) in [4.78, 5) is 4.43. The Bertz CT molecular complexity index is 537. The molecule has 2 fully saturated rings. The molecule has 4 nitrogen and oxygen atoms in total. The monoisotopic (exact) mass is 286 g/mol. The molecule has 0 unspecified atom stereocenters. The van der Waals surface area contributed by atoms with Crippen LogP contribution >= 0.6 is 0 Å². The van der Waals surface area contributed by atoms with Gasteiger partial charge < -0.3 is 14.6 Å². The largest absolute Gasteiger partial charge is 0.487 e. The summed E-state index contributed by atoms with van der Waals surface area (Å²) in [5, 5.41) is 3.37. The predicted molar refractivity (Wildman–Crippen MR) is 84.7 cm³/mol. The van der Waals surface area contributed by atoms with Crippen LogP contribution < -0.4 is 5.32 Å². The molecule has 0 spiro atoms. The fourth-order valence-corrected chi connectivity index (χ4v) is 2.46. The molecule has 21 heavy (non-hydrogen) atoms. The van der Waals surface area contributed by atoms with Crippen LogP contribution in [0.15, 0.2) is 24.3 Å². The van der Waals surface area contributed by atoms with Gasteiger partial charge in [-0.05, 0) is 58.4 Å². The van der Waals surface area contributed by atoms with Crippen molar-refractivity contribution in [1.29, 1.82) is 0 Å². The number of hydrogen-bond donors (Lipinski definition) is 1. The van der Waals surface area contributed by atoms with Crippen molar-refractivity contribution in [2.24, 2.45) is 0 Å². The van der Waals surface area contributed by atoms with E-state index < -0.39 is 0 Å². The lowest BCUT2D eigenvalue weighted by atomic mass is 9.89. The molecule has 0 aromatic carbocycles. The Kier molecular flexibility index (Phi) is 3.68. The van der Waals surface area contributed by atoms with Gasteiger partial charge in [-0.15, -0.1) is 0 Å². The average Bonchev–Trinajstić information content (AvgIpc) is 2.54. The summed E-state index contributed by atoms with van der Waals surface area (Å²) in [6.45, 7) is 9.34. The third-order valence-electron chi connectivity index (χ3n) is 4.70. The highest BCUT2D eigenvalue weighted by Gasteiger charge is 2.49. The van der Waals surface area contributed by atoms with E-state index in [4.69, 9.17) is 9.31 Å². The highest BCUT2D eigenvalue weighted by molar-refractivity contribution is 6.52. The Morgan fingerprint density at radius 3 is 2.52 bits per heavy atom. The summed E-state index contributed by atoms with van der Waals surface area (Å²) in [6, 6.07) is 4.54. The Morgan fingerprint density at radius 2 is 1.95 bits per heavy atom. The second-order valence-corrected chi connectivity index (χ2v) is 6.79. The van der Waals surface area contributed by atoms with Crippen LogP contribution in [0.5, 0.6) is 0 Å². The fraction of sp³-hybridized carbons (Fsp3) is 0.562. The zero-order valence-electron chi connectivity index (χ0n) is 13.2. The first-order chi connectivity index (χ1) is 9.87. The molecule has 1 aromatic rings. The van der Waals surface area contributed by atoms with Crippen LogP contribution in [0.3, 0.4) is 0 Å².